The van der Waals surface area contributed by atoms with Gasteiger partial charge in [-0.1, -0.05) is 153 Å². The summed E-state index contributed by atoms with van der Waals surface area (Å²) in [6, 6.07) is 65.1. The van der Waals surface area contributed by atoms with Crippen molar-refractivity contribution in [2.45, 2.75) is 19.3 Å². The Hall–Kier alpha value is -6.18. The maximum atomic E-state index is 2.49. The van der Waals surface area contributed by atoms with Crippen molar-refractivity contribution in [3.05, 3.63) is 187 Å². The van der Waals surface area contributed by atoms with Crippen LogP contribution in [0.25, 0.3) is 65.3 Å². The molecule has 0 bridgehead atoms. The van der Waals surface area contributed by atoms with Crippen LogP contribution in [0.4, 0.5) is 17.1 Å². The number of hydrogen-bond donors (Lipinski definition) is 0. The fraction of sp³-hybridized carbons (Fsp3) is 0.0612. The minimum Gasteiger partial charge on any atom is -0.310 e. The van der Waals surface area contributed by atoms with Crippen LogP contribution in [0.3, 0.4) is 0 Å². The van der Waals surface area contributed by atoms with E-state index >= 15 is 0 Å². The molecule has 0 aromatic heterocycles. The number of fused-ring (bicyclic) bond motifs is 9. The van der Waals surface area contributed by atoms with E-state index in [0.717, 1.165) is 11.4 Å². The van der Waals surface area contributed by atoms with E-state index in [0.29, 0.717) is 0 Å². The maximum Gasteiger partial charge on any atom is 0.0546 e. The van der Waals surface area contributed by atoms with Crippen LogP contribution >= 0.6 is 0 Å². The van der Waals surface area contributed by atoms with E-state index in [1.165, 1.54) is 82.2 Å². The summed E-state index contributed by atoms with van der Waals surface area (Å²) in [6.45, 7) is 4.73. The molecular formula is C49H35N. The highest BCUT2D eigenvalue weighted by Crippen LogP contribution is 2.51. The van der Waals surface area contributed by atoms with Crippen molar-refractivity contribution >= 4 is 60.2 Å². The van der Waals surface area contributed by atoms with Gasteiger partial charge < -0.3 is 4.90 Å². The molecule has 0 saturated heterocycles. The molecule has 10 rings (SSSR count). The molecule has 0 atom stereocenters. The first-order valence-corrected chi connectivity index (χ1v) is 17.5. The van der Waals surface area contributed by atoms with E-state index in [1.54, 1.807) is 0 Å². The molecule has 0 saturated carbocycles. The zero-order chi connectivity index (χ0) is 33.4. The van der Waals surface area contributed by atoms with Gasteiger partial charge in [0.15, 0.2) is 0 Å². The van der Waals surface area contributed by atoms with Gasteiger partial charge in [-0.3, -0.25) is 0 Å². The van der Waals surface area contributed by atoms with Crippen LogP contribution in [-0.4, -0.2) is 0 Å². The van der Waals surface area contributed by atoms with Crippen LogP contribution in [0.15, 0.2) is 176 Å². The Bertz CT molecular complexity index is 2800. The molecular weight excluding hydrogens is 603 g/mol. The molecule has 0 heterocycles. The summed E-state index contributed by atoms with van der Waals surface area (Å²) in [6.07, 6.45) is 0. The lowest BCUT2D eigenvalue weighted by Crippen LogP contribution is -2.16. The third kappa shape index (κ3) is 4.33. The third-order valence-electron chi connectivity index (χ3n) is 11.0. The van der Waals surface area contributed by atoms with Gasteiger partial charge in [-0.05, 0) is 107 Å². The van der Waals surface area contributed by atoms with Crippen molar-refractivity contribution in [1.29, 1.82) is 0 Å². The van der Waals surface area contributed by atoms with Crippen molar-refractivity contribution in [2.24, 2.45) is 0 Å². The summed E-state index contributed by atoms with van der Waals surface area (Å²) in [7, 11) is 0. The summed E-state index contributed by atoms with van der Waals surface area (Å²) in [5.74, 6) is 0. The molecule has 0 aliphatic heterocycles. The van der Waals surface area contributed by atoms with Crippen LogP contribution < -0.4 is 4.90 Å². The maximum absolute atomic E-state index is 2.49. The minimum atomic E-state index is -0.109. The normalized spacial score (nSPS) is 13.2. The molecule has 1 aliphatic carbocycles. The zero-order valence-corrected chi connectivity index (χ0v) is 28.2. The van der Waals surface area contributed by atoms with Gasteiger partial charge in [0.25, 0.3) is 0 Å². The molecule has 9 aromatic rings. The molecule has 0 N–H and O–H groups in total. The first-order valence-electron chi connectivity index (χ1n) is 17.5. The molecule has 1 aliphatic rings. The minimum absolute atomic E-state index is 0.109. The van der Waals surface area contributed by atoms with E-state index in [1.807, 2.05) is 0 Å². The van der Waals surface area contributed by atoms with Crippen LogP contribution in [-0.2, 0) is 5.41 Å². The summed E-state index contributed by atoms with van der Waals surface area (Å²) in [4.78, 5) is 2.49. The highest BCUT2D eigenvalue weighted by atomic mass is 15.1. The molecule has 9 aromatic carbocycles. The van der Waals surface area contributed by atoms with Gasteiger partial charge >= 0.3 is 0 Å². The van der Waals surface area contributed by atoms with Crippen molar-refractivity contribution < 1.29 is 0 Å². The Morgan fingerprint density at radius 2 is 1.00 bits per heavy atom. The fourth-order valence-corrected chi connectivity index (χ4v) is 8.48. The Morgan fingerprint density at radius 3 is 1.88 bits per heavy atom. The van der Waals surface area contributed by atoms with E-state index < -0.39 is 0 Å². The third-order valence-corrected chi connectivity index (χ3v) is 11.0. The second kappa shape index (κ2) is 10.9. The topological polar surface area (TPSA) is 3.24 Å². The highest BCUT2D eigenvalue weighted by molar-refractivity contribution is 6.21. The molecule has 236 valence electrons. The van der Waals surface area contributed by atoms with Gasteiger partial charge in [-0.25, -0.2) is 0 Å². The SMILES string of the molecule is CC1(C)c2ccccc2-c2ccc(N(c3cccc(-c4ccc5ccccc5c4)c3)c3cc4c5ccccc5ccc4c4ccccc34)cc21. The molecule has 0 fully saturated rings. The Labute approximate surface area is 292 Å². The molecule has 50 heavy (non-hydrogen) atoms. The average molecular weight is 638 g/mol. The number of benzene rings is 9. The summed E-state index contributed by atoms with van der Waals surface area (Å²) in [5.41, 5.74) is 11.2. The second-order valence-corrected chi connectivity index (χ2v) is 14.2. The van der Waals surface area contributed by atoms with E-state index in [-0.39, 0.29) is 5.41 Å². The zero-order valence-electron chi connectivity index (χ0n) is 28.2. The van der Waals surface area contributed by atoms with E-state index in [9.17, 15) is 0 Å². The molecule has 1 heteroatoms. The average Bonchev–Trinajstić information content (AvgIpc) is 3.40. The second-order valence-electron chi connectivity index (χ2n) is 14.2. The summed E-state index contributed by atoms with van der Waals surface area (Å²) in [5, 5.41) is 10.1. The molecule has 0 unspecified atom stereocenters. The molecule has 1 nitrogen and oxygen atoms in total. The van der Waals surface area contributed by atoms with E-state index in [2.05, 4.69) is 195 Å². The van der Waals surface area contributed by atoms with Gasteiger partial charge in [-0.15, -0.1) is 0 Å². The number of hydrogen-bond acceptors (Lipinski definition) is 1. The van der Waals surface area contributed by atoms with E-state index in [4.69, 9.17) is 0 Å². The Kier molecular flexibility index (Phi) is 6.29. The Morgan fingerprint density at radius 1 is 0.360 bits per heavy atom. The first kappa shape index (κ1) is 28.8. The van der Waals surface area contributed by atoms with Crippen LogP contribution in [0.2, 0.25) is 0 Å². The van der Waals surface area contributed by atoms with Gasteiger partial charge in [0.2, 0.25) is 0 Å². The lowest BCUT2D eigenvalue weighted by molar-refractivity contribution is 0.660. The van der Waals surface area contributed by atoms with Gasteiger partial charge in [0.05, 0.1) is 5.69 Å². The molecule has 0 radical (unpaired) electrons. The van der Waals surface area contributed by atoms with Crippen LogP contribution in [0, 0.1) is 0 Å². The monoisotopic (exact) mass is 637 g/mol. The van der Waals surface area contributed by atoms with Gasteiger partial charge in [-0.2, -0.15) is 0 Å². The fourth-order valence-electron chi connectivity index (χ4n) is 8.48. The van der Waals surface area contributed by atoms with Crippen LogP contribution in [0.1, 0.15) is 25.0 Å². The summed E-state index contributed by atoms with van der Waals surface area (Å²) < 4.78 is 0. The number of rotatable bonds is 4. The Balaban J connectivity index is 1.25. The predicted octanol–water partition coefficient (Wildman–Crippen LogP) is 13.7. The van der Waals surface area contributed by atoms with Crippen LogP contribution in [0.5, 0.6) is 0 Å². The smallest absolute Gasteiger partial charge is 0.0546 e. The molecule has 0 spiro atoms. The van der Waals surface area contributed by atoms with Crippen molar-refractivity contribution in [2.75, 3.05) is 4.90 Å². The first-order chi connectivity index (χ1) is 24.5. The van der Waals surface area contributed by atoms with Crippen molar-refractivity contribution in [1.82, 2.24) is 0 Å². The number of nitrogens with zero attached hydrogens (tertiary/aromatic N) is 1. The van der Waals surface area contributed by atoms with Gasteiger partial charge in [0, 0.05) is 22.2 Å². The highest BCUT2D eigenvalue weighted by Gasteiger charge is 2.36. The van der Waals surface area contributed by atoms with Gasteiger partial charge in [0.1, 0.15) is 0 Å². The van der Waals surface area contributed by atoms with Crippen molar-refractivity contribution in [3.8, 4) is 22.3 Å². The summed E-state index contributed by atoms with van der Waals surface area (Å²) >= 11 is 0. The quantitative estimate of drug-likeness (QED) is 0.174. The molecule has 0 amide bonds. The predicted molar refractivity (Wildman–Crippen MR) is 214 cm³/mol. The number of anilines is 3. The lowest BCUT2D eigenvalue weighted by Gasteiger charge is -2.30. The largest absolute Gasteiger partial charge is 0.310 e. The standard InChI is InChI=1S/C49H35N/c1-49(2)46-21-10-9-19-42(46)43-27-25-38(30-47(43)49)50(37-16-11-15-35(29-37)36-23-22-32-12-3-4-14-34(32)28-36)48-31-45-39-17-6-5-13-33(39)24-26-41(45)40-18-7-8-20-44(40)48/h3-31H,1-2H3. The lowest BCUT2D eigenvalue weighted by atomic mass is 9.82. The van der Waals surface area contributed by atoms with Crippen molar-refractivity contribution in [3.63, 3.8) is 0 Å².